The second-order valence-corrected chi connectivity index (χ2v) is 4.94. The van der Waals surface area contributed by atoms with E-state index >= 15 is 0 Å². The van der Waals surface area contributed by atoms with Crippen LogP contribution in [-0.4, -0.2) is 29.2 Å². The maximum atomic E-state index is 12.1. The van der Waals surface area contributed by atoms with Crippen molar-refractivity contribution in [3.8, 4) is 5.75 Å². The highest BCUT2D eigenvalue weighted by molar-refractivity contribution is 6.06. The molecule has 7 nitrogen and oxygen atoms in total. The molecule has 0 saturated heterocycles. The van der Waals surface area contributed by atoms with Crippen LogP contribution in [0.1, 0.15) is 46.4 Å². The van der Waals surface area contributed by atoms with E-state index in [0.717, 1.165) is 0 Å². The largest absolute Gasteiger partial charge is 0.497 e. The van der Waals surface area contributed by atoms with E-state index in [9.17, 15) is 14.7 Å². The van der Waals surface area contributed by atoms with Crippen LogP contribution in [0, 0.1) is 0 Å². The van der Waals surface area contributed by atoms with Crippen LogP contribution in [0.15, 0.2) is 28.8 Å². The highest BCUT2D eigenvalue weighted by Gasteiger charge is 2.18. The minimum Gasteiger partial charge on any atom is -0.497 e. The molecule has 116 valence electrons. The van der Waals surface area contributed by atoms with Gasteiger partial charge in [-0.2, -0.15) is 0 Å². The lowest BCUT2D eigenvalue weighted by Gasteiger charge is -2.08. The summed E-state index contributed by atoms with van der Waals surface area (Å²) in [7, 11) is 1.43. The second-order valence-electron chi connectivity index (χ2n) is 4.94. The van der Waals surface area contributed by atoms with Crippen molar-refractivity contribution in [2.24, 2.45) is 0 Å². The highest BCUT2D eigenvalue weighted by Crippen LogP contribution is 2.23. The number of ether oxygens (including phenoxy) is 1. The third kappa shape index (κ3) is 3.25. The molecule has 0 bridgehead atoms. The standard InChI is InChI=1S/C15H16N2O5/c1-8(2)13-7-12(17-22-13)14(18)16-11-5-4-9(21-3)6-10(11)15(19)20/h4-8H,1-3H3,(H,16,18)(H,19,20). The summed E-state index contributed by atoms with van der Waals surface area (Å²) in [5.74, 6) is -0.637. The van der Waals surface area contributed by atoms with Crippen molar-refractivity contribution in [3.63, 3.8) is 0 Å². The van der Waals surface area contributed by atoms with Crippen LogP contribution in [0.2, 0.25) is 0 Å². The number of aromatic nitrogens is 1. The van der Waals surface area contributed by atoms with Gasteiger partial charge in [0.2, 0.25) is 0 Å². The van der Waals surface area contributed by atoms with Crippen molar-refractivity contribution >= 4 is 17.6 Å². The lowest BCUT2D eigenvalue weighted by Crippen LogP contribution is -2.15. The monoisotopic (exact) mass is 304 g/mol. The first-order chi connectivity index (χ1) is 10.4. The van der Waals surface area contributed by atoms with Crippen molar-refractivity contribution in [3.05, 3.63) is 41.3 Å². The van der Waals surface area contributed by atoms with Gasteiger partial charge in [0, 0.05) is 12.0 Å². The Morgan fingerprint density at radius 3 is 2.59 bits per heavy atom. The quantitative estimate of drug-likeness (QED) is 0.880. The maximum absolute atomic E-state index is 12.1. The first-order valence-corrected chi connectivity index (χ1v) is 6.61. The highest BCUT2D eigenvalue weighted by atomic mass is 16.5. The summed E-state index contributed by atoms with van der Waals surface area (Å²) in [6.07, 6.45) is 0. The van der Waals surface area contributed by atoms with E-state index in [1.165, 1.54) is 25.3 Å². The topological polar surface area (TPSA) is 102 Å². The molecule has 2 aromatic rings. The Kier molecular flexibility index (Phi) is 4.45. The van der Waals surface area contributed by atoms with E-state index in [4.69, 9.17) is 9.26 Å². The Balaban J connectivity index is 2.25. The Bertz CT molecular complexity index is 706. The van der Waals surface area contributed by atoms with Crippen LogP contribution >= 0.6 is 0 Å². The summed E-state index contributed by atoms with van der Waals surface area (Å²) >= 11 is 0. The van der Waals surface area contributed by atoms with Gasteiger partial charge in [-0.25, -0.2) is 4.79 Å². The summed E-state index contributed by atoms with van der Waals surface area (Å²) in [5.41, 5.74) is 0.184. The fraction of sp³-hybridized carbons (Fsp3) is 0.267. The van der Waals surface area contributed by atoms with Crippen molar-refractivity contribution in [1.82, 2.24) is 5.16 Å². The minimum absolute atomic E-state index is 0.0692. The molecule has 2 rings (SSSR count). The van der Waals surface area contributed by atoms with E-state index in [2.05, 4.69) is 10.5 Å². The fourth-order valence-electron chi connectivity index (χ4n) is 1.79. The van der Waals surface area contributed by atoms with Crippen LogP contribution in [0.3, 0.4) is 0 Å². The molecule has 22 heavy (non-hydrogen) atoms. The van der Waals surface area contributed by atoms with E-state index in [0.29, 0.717) is 11.5 Å². The average molecular weight is 304 g/mol. The number of carbonyl (C=O) groups is 2. The number of rotatable bonds is 5. The molecule has 1 aromatic heterocycles. The molecule has 2 N–H and O–H groups in total. The fourth-order valence-corrected chi connectivity index (χ4v) is 1.79. The number of methoxy groups -OCH3 is 1. The third-order valence-electron chi connectivity index (χ3n) is 3.04. The van der Waals surface area contributed by atoms with E-state index in [-0.39, 0.29) is 22.9 Å². The van der Waals surface area contributed by atoms with E-state index in [1.54, 1.807) is 6.07 Å². The Morgan fingerprint density at radius 2 is 2.05 bits per heavy atom. The number of hydrogen-bond acceptors (Lipinski definition) is 5. The Morgan fingerprint density at radius 1 is 1.32 bits per heavy atom. The van der Waals surface area contributed by atoms with Gasteiger partial charge < -0.3 is 19.7 Å². The first kappa shape index (κ1) is 15.6. The zero-order valence-corrected chi connectivity index (χ0v) is 12.4. The number of nitrogens with one attached hydrogen (secondary N) is 1. The maximum Gasteiger partial charge on any atom is 0.337 e. The lowest BCUT2D eigenvalue weighted by atomic mass is 10.1. The molecule has 0 aliphatic rings. The molecule has 0 spiro atoms. The number of carbonyl (C=O) groups excluding carboxylic acids is 1. The van der Waals surface area contributed by atoms with Crippen molar-refractivity contribution in [2.75, 3.05) is 12.4 Å². The molecule has 0 aliphatic carbocycles. The average Bonchev–Trinajstić information content (AvgIpc) is 2.97. The number of amides is 1. The summed E-state index contributed by atoms with van der Waals surface area (Å²) in [6.45, 7) is 3.82. The molecule has 7 heteroatoms. The number of carboxylic acids is 1. The predicted octanol–water partition coefficient (Wildman–Crippen LogP) is 2.76. The van der Waals surface area contributed by atoms with Crippen molar-refractivity contribution in [2.45, 2.75) is 19.8 Å². The van der Waals surface area contributed by atoms with E-state index in [1.807, 2.05) is 13.8 Å². The number of nitrogens with zero attached hydrogens (tertiary/aromatic N) is 1. The third-order valence-corrected chi connectivity index (χ3v) is 3.04. The molecular formula is C15H16N2O5. The van der Waals surface area contributed by atoms with Gasteiger partial charge in [0.25, 0.3) is 5.91 Å². The second kappa shape index (κ2) is 6.30. The van der Waals surface area contributed by atoms with Gasteiger partial charge in [-0.3, -0.25) is 4.79 Å². The number of anilines is 1. The minimum atomic E-state index is -1.17. The van der Waals surface area contributed by atoms with Gasteiger partial charge in [-0.05, 0) is 18.2 Å². The van der Waals surface area contributed by atoms with Gasteiger partial charge in [0.15, 0.2) is 5.69 Å². The molecule has 1 heterocycles. The Hall–Kier alpha value is -2.83. The van der Waals surface area contributed by atoms with Gasteiger partial charge in [-0.1, -0.05) is 19.0 Å². The molecule has 0 radical (unpaired) electrons. The SMILES string of the molecule is COc1ccc(NC(=O)c2cc(C(C)C)on2)c(C(=O)O)c1. The van der Waals surface area contributed by atoms with Gasteiger partial charge in [-0.15, -0.1) is 0 Å². The zero-order chi connectivity index (χ0) is 16.3. The predicted molar refractivity (Wildman–Crippen MR) is 78.5 cm³/mol. The molecule has 1 aromatic carbocycles. The molecule has 0 aliphatic heterocycles. The molecule has 0 fully saturated rings. The van der Waals surface area contributed by atoms with E-state index < -0.39 is 11.9 Å². The van der Waals surface area contributed by atoms with Crippen molar-refractivity contribution < 1.29 is 24.0 Å². The van der Waals surface area contributed by atoms with Gasteiger partial charge in [0.05, 0.1) is 18.4 Å². The Labute approximate surface area is 126 Å². The molecule has 1 amide bonds. The number of carboxylic acid groups (broad SMARTS) is 1. The van der Waals surface area contributed by atoms with Crippen LogP contribution in [-0.2, 0) is 0 Å². The molecular weight excluding hydrogens is 288 g/mol. The first-order valence-electron chi connectivity index (χ1n) is 6.61. The van der Waals surface area contributed by atoms with Crippen LogP contribution < -0.4 is 10.1 Å². The number of benzene rings is 1. The van der Waals surface area contributed by atoms with Crippen LogP contribution in [0.4, 0.5) is 5.69 Å². The zero-order valence-electron chi connectivity index (χ0n) is 12.4. The molecule has 0 unspecified atom stereocenters. The van der Waals surface area contributed by atoms with Gasteiger partial charge in [0.1, 0.15) is 11.5 Å². The summed E-state index contributed by atoms with van der Waals surface area (Å²) in [6, 6.07) is 5.89. The molecule has 0 atom stereocenters. The summed E-state index contributed by atoms with van der Waals surface area (Å²) in [5, 5.41) is 15.4. The summed E-state index contributed by atoms with van der Waals surface area (Å²) < 4.78 is 10.0. The summed E-state index contributed by atoms with van der Waals surface area (Å²) in [4.78, 5) is 23.4. The lowest BCUT2D eigenvalue weighted by molar-refractivity contribution is 0.0697. The van der Waals surface area contributed by atoms with Crippen LogP contribution in [0.25, 0.3) is 0 Å². The van der Waals surface area contributed by atoms with Gasteiger partial charge >= 0.3 is 5.97 Å². The number of aromatic carboxylic acids is 1. The molecule has 0 saturated carbocycles. The smallest absolute Gasteiger partial charge is 0.337 e. The van der Waals surface area contributed by atoms with Crippen molar-refractivity contribution in [1.29, 1.82) is 0 Å². The normalized spacial score (nSPS) is 10.5. The number of hydrogen-bond donors (Lipinski definition) is 2. The van der Waals surface area contributed by atoms with Crippen LogP contribution in [0.5, 0.6) is 5.75 Å².